The van der Waals surface area contributed by atoms with Crippen molar-refractivity contribution in [2.75, 3.05) is 13.1 Å². The highest BCUT2D eigenvalue weighted by molar-refractivity contribution is 5.85. The van der Waals surface area contributed by atoms with Crippen LogP contribution in [0.3, 0.4) is 0 Å². The number of carboxylic acids is 1. The zero-order chi connectivity index (χ0) is 14.9. The second-order valence-electron chi connectivity index (χ2n) is 6.66. The molecule has 5 nitrogen and oxygen atoms in total. The Kier molecular flexibility index (Phi) is 4.37. The predicted octanol–water partition coefficient (Wildman–Crippen LogP) is 1.50. The number of aliphatic carboxylic acids is 1. The van der Waals surface area contributed by atoms with Crippen LogP contribution in [0.15, 0.2) is 0 Å². The SMILES string of the molecule is CCC1CC(C(=O)O)C(C(=O)N2CCCC(C)(O)C2)C1. The van der Waals surface area contributed by atoms with Gasteiger partial charge in [0.05, 0.1) is 17.4 Å². The number of hydrogen-bond donors (Lipinski definition) is 2. The molecule has 0 aromatic carbocycles. The molecule has 4 unspecified atom stereocenters. The van der Waals surface area contributed by atoms with Gasteiger partial charge in [-0.3, -0.25) is 9.59 Å². The van der Waals surface area contributed by atoms with Crippen LogP contribution in [0.5, 0.6) is 0 Å². The first-order valence-corrected chi connectivity index (χ1v) is 7.58. The van der Waals surface area contributed by atoms with Gasteiger partial charge in [-0.15, -0.1) is 0 Å². The highest BCUT2D eigenvalue weighted by Gasteiger charge is 2.45. The molecule has 0 aromatic rings. The Morgan fingerprint density at radius 3 is 2.50 bits per heavy atom. The van der Waals surface area contributed by atoms with Crippen LogP contribution in [-0.4, -0.2) is 45.7 Å². The fourth-order valence-corrected chi connectivity index (χ4v) is 3.66. The van der Waals surface area contributed by atoms with E-state index in [1.165, 1.54) is 0 Å². The van der Waals surface area contributed by atoms with Crippen molar-refractivity contribution in [2.45, 2.75) is 51.6 Å². The van der Waals surface area contributed by atoms with Crippen molar-refractivity contribution in [1.82, 2.24) is 4.90 Å². The first-order chi connectivity index (χ1) is 9.34. The Morgan fingerprint density at radius 2 is 1.95 bits per heavy atom. The molecule has 20 heavy (non-hydrogen) atoms. The van der Waals surface area contributed by atoms with Crippen molar-refractivity contribution in [3.8, 4) is 0 Å². The summed E-state index contributed by atoms with van der Waals surface area (Å²) in [6, 6.07) is 0. The third-order valence-corrected chi connectivity index (χ3v) is 4.86. The van der Waals surface area contributed by atoms with Gasteiger partial charge in [0.25, 0.3) is 0 Å². The number of carbonyl (C=O) groups is 2. The standard InChI is InChI=1S/C15H25NO4/c1-3-10-7-11(12(8-10)14(18)19)13(17)16-6-4-5-15(2,20)9-16/h10-12,20H,3-9H2,1-2H3,(H,18,19). The zero-order valence-corrected chi connectivity index (χ0v) is 12.3. The summed E-state index contributed by atoms with van der Waals surface area (Å²) in [5.41, 5.74) is -0.838. The normalized spacial score (nSPS) is 38.0. The Labute approximate surface area is 120 Å². The van der Waals surface area contributed by atoms with Crippen LogP contribution in [0, 0.1) is 17.8 Å². The van der Waals surface area contributed by atoms with Gasteiger partial charge in [-0.2, -0.15) is 0 Å². The van der Waals surface area contributed by atoms with Gasteiger partial charge in [0.2, 0.25) is 5.91 Å². The molecule has 0 radical (unpaired) electrons. The number of amides is 1. The van der Waals surface area contributed by atoms with E-state index >= 15 is 0 Å². The zero-order valence-electron chi connectivity index (χ0n) is 12.3. The monoisotopic (exact) mass is 283 g/mol. The molecule has 1 amide bonds. The maximum absolute atomic E-state index is 12.6. The Morgan fingerprint density at radius 1 is 1.30 bits per heavy atom. The smallest absolute Gasteiger partial charge is 0.307 e. The van der Waals surface area contributed by atoms with Crippen molar-refractivity contribution < 1.29 is 19.8 Å². The van der Waals surface area contributed by atoms with Crippen LogP contribution in [0.25, 0.3) is 0 Å². The number of carbonyl (C=O) groups excluding carboxylic acids is 1. The van der Waals surface area contributed by atoms with Crippen LogP contribution in [0.4, 0.5) is 0 Å². The van der Waals surface area contributed by atoms with E-state index in [1.807, 2.05) is 6.92 Å². The lowest BCUT2D eigenvalue weighted by Crippen LogP contribution is -2.51. The first-order valence-electron chi connectivity index (χ1n) is 7.58. The molecule has 2 rings (SSSR count). The largest absolute Gasteiger partial charge is 0.481 e. The molecular formula is C15H25NO4. The average Bonchev–Trinajstić information content (AvgIpc) is 2.81. The second-order valence-corrected chi connectivity index (χ2v) is 6.66. The van der Waals surface area contributed by atoms with E-state index < -0.39 is 23.4 Å². The number of piperidine rings is 1. The summed E-state index contributed by atoms with van der Waals surface area (Å²) in [6.45, 7) is 4.74. The highest BCUT2D eigenvalue weighted by atomic mass is 16.4. The fraction of sp³-hybridized carbons (Fsp3) is 0.867. The van der Waals surface area contributed by atoms with Crippen molar-refractivity contribution >= 4 is 11.9 Å². The number of likely N-dealkylation sites (tertiary alicyclic amines) is 1. The maximum Gasteiger partial charge on any atom is 0.307 e. The lowest BCUT2D eigenvalue weighted by Gasteiger charge is -2.38. The lowest BCUT2D eigenvalue weighted by atomic mass is 9.90. The quantitative estimate of drug-likeness (QED) is 0.822. The van der Waals surface area contributed by atoms with Gasteiger partial charge in [0, 0.05) is 13.1 Å². The number of hydrogen-bond acceptors (Lipinski definition) is 3. The van der Waals surface area contributed by atoms with Crippen molar-refractivity contribution in [2.24, 2.45) is 17.8 Å². The van der Waals surface area contributed by atoms with E-state index in [4.69, 9.17) is 0 Å². The van der Waals surface area contributed by atoms with Crippen molar-refractivity contribution in [3.63, 3.8) is 0 Å². The van der Waals surface area contributed by atoms with E-state index in [1.54, 1.807) is 11.8 Å². The minimum atomic E-state index is -0.858. The Hall–Kier alpha value is -1.10. The van der Waals surface area contributed by atoms with Crippen LogP contribution < -0.4 is 0 Å². The molecule has 2 fully saturated rings. The molecule has 1 saturated carbocycles. The molecular weight excluding hydrogens is 258 g/mol. The van der Waals surface area contributed by atoms with Gasteiger partial charge in [0.15, 0.2) is 0 Å². The molecule has 2 aliphatic rings. The number of β-amino-alcohol motifs (C(OH)–C–C–N with tert-alkyl or cyclic N) is 1. The van der Waals surface area contributed by atoms with Gasteiger partial charge in [-0.05, 0) is 38.5 Å². The lowest BCUT2D eigenvalue weighted by molar-refractivity contribution is -0.151. The third-order valence-electron chi connectivity index (χ3n) is 4.86. The summed E-state index contributed by atoms with van der Waals surface area (Å²) >= 11 is 0. The molecule has 114 valence electrons. The number of rotatable bonds is 3. The minimum absolute atomic E-state index is 0.0756. The molecule has 5 heteroatoms. The molecule has 0 bridgehead atoms. The van der Waals surface area contributed by atoms with E-state index in [9.17, 15) is 19.8 Å². The molecule has 4 atom stereocenters. The first kappa shape index (κ1) is 15.3. The van der Waals surface area contributed by atoms with Crippen LogP contribution >= 0.6 is 0 Å². The molecule has 1 saturated heterocycles. The molecule has 1 aliphatic heterocycles. The predicted molar refractivity (Wildman–Crippen MR) is 74.1 cm³/mol. The fourth-order valence-electron chi connectivity index (χ4n) is 3.66. The van der Waals surface area contributed by atoms with E-state index in [0.29, 0.717) is 38.3 Å². The molecule has 1 aliphatic carbocycles. The van der Waals surface area contributed by atoms with E-state index in [0.717, 1.165) is 12.8 Å². The summed E-state index contributed by atoms with van der Waals surface area (Å²) in [4.78, 5) is 25.7. The van der Waals surface area contributed by atoms with Gasteiger partial charge in [0.1, 0.15) is 0 Å². The number of carboxylic acid groups (broad SMARTS) is 1. The number of nitrogens with zero attached hydrogens (tertiary/aromatic N) is 1. The van der Waals surface area contributed by atoms with Gasteiger partial charge < -0.3 is 15.1 Å². The van der Waals surface area contributed by atoms with Gasteiger partial charge in [-0.1, -0.05) is 13.3 Å². The topological polar surface area (TPSA) is 77.8 Å². The number of aliphatic hydroxyl groups is 1. The second kappa shape index (κ2) is 5.72. The molecule has 1 heterocycles. The van der Waals surface area contributed by atoms with Gasteiger partial charge >= 0.3 is 5.97 Å². The summed E-state index contributed by atoms with van der Waals surface area (Å²) < 4.78 is 0. The van der Waals surface area contributed by atoms with Gasteiger partial charge in [-0.25, -0.2) is 0 Å². The third kappa shape index (κ3) is 3.14. The van der Waals surface area contributed by atoms with Crippen LogP contribution in [0.1, 0.15) is 46.0 Å². The highest BCUT2D eigenvalue weighted by Crippen LogP contribution is 2.40. The molecule has 2 N–H and O–H groups in total. The molecule has 0 aromatic heterocycles. The summed E-state index contributed by atoms with van der Waals surface area (Å²) in [6.07, 6.45) is 3.67. The maximum atomic E-state index is 12.6. The molecule has 0 spiro atoms. The Bertz CT molecular complexity index is 393. The Balaban J connectivity index is 2.08. The summed E-state index contributed by atoms with van der Waals surface area (Å²) in [7, 11) is 0. The van der Waals surface area contributed by atoms with E-state index in [2.05, 4.69) is 0 Å². The average molecular weight is 283 g/mol. The summed E-state index contributed by atoms with van der Waals surface area (Å²) in [5.74, 6) is -1.57. The minimum Gasteiger partial charge on any atom is -0.481 e. The van der Waals surface area contributed by atoms with Crippen LogP contribution in [0.2, 0.25) is 0 Å². The van der Waals surface area contributed by atoms with E-state index in [-0.39, 0.29) is 5.91 Å². The van der Waals surface area contributed by atoms with Crippen LogP contribution in [-0.2, 0) is 9.59 Å². The van der Waals surface area contributed by atoms with Crippen molar-refractivity contribution in [1.29, 1.82) is 0 Å². The van der Waals surface area contributed by atoms with Crippen molar-refractivity contribution in [3.05, 3.63) is 0 Å². The summed E-state index contributed by atoms with van der Waals surface area (Å²) in [5, 5.41) is 19.4.